The number of nitrogens with zero attached hydrogens (tertiary/aromatic N) is 3. The molecule has 0 aliphatic carbocycles. The van der Waals surface area contributed by atoms with Crippen LogP contribution in [0.5, 0.6) is 0 Å². The first kappa shape index (κ1) is 15.1. The van der Waals surface area contributed by atoms with Crippen LogP contribution >= 0.6 is 0 Å². The fourth-order valence-electron chi connectivity index (χ4n) is 4.62. The molecule has 5 rings (SSSR count). The van der Waals surface area contributed by atoms with Gasteiger partial charge in [-0.1, -0.05) is 12.1 Å². The molecule has 1 amide bonds. The molecule has 3 aliphatic heterocycles. The highest BCUT2D eigenvalue weighted by Crippen LogP contribution is 2.32. The second-order valence-electron chi connectivity index (χ2n) is 7.30. The largest absolute Gasteiger partial charge is 0.368 e. The number of amides is 1. The molecule has 0 radical (unpaired) electrons. The normalized spacial score (nSPS) is 28.2. The second kappa shape index (κ2) is 5.66. The smallest absolute Gasteiger partial charge is 0.261 e. The van der Waals surface area contributed by atoms with E-state index in [1.165, 1.54) is 0 Å². The van der Waals surface area contributed by atoms with E-state index < -0.39 is 0 Å². The van der Waals surface area contributed by atoms with Gasteiger partial charge in [0.25, 0.3) is 11.5 Å². The van der Waals surface area contributed by atoms with Crippen LogP contribution in [0.3, 0.4) is 0 Å². The lowest BCUT2D eigenvalue weighted by atomic mass is 10.1. The number of benzene rings is 1. The minimum absolute atomic E-state index is 0.0117. The maximum Gasteiger partial charge on any atom is 0.261 e. The van der Waals surface area contributed by atoms with Crippen molar-refractivity contribution in [1.29, 1.82) is 0 Å². The molecule has 1 aromatic carbocycles. The third-order valence-corrected chi connectivity index (χ3v) is 5.83. The van der Waals surface area contributed by atoms with Gasteiger partial charge in [-0.15, -0.1) is 0 Å². The van der Waals surface area contributed by atoms with Gasteiger partial charge in [0.2, 0.25) is 0 Å². The summed E-state index contributed by atoms with van der Waals surface area (Å²) in [6.45, 7) is 1.22. The molecule has 2 bridgehead atoms. The summed E-state index contributed by atoms with van der Waals surface area (Å²) >= 11 is 0. The van der Waals surface area contributed by atoms with Crippen molar-refractivity contribution in [3.05, 3.63) is 40.4 Å². The molecule has 2 aromatic rings. The summed E-state index contributed by atoms with van der Waals surface area (Å²) < 4.78 is 7.42. The van der Waals surface area contributed by atoms with Gasteiger partial charge in [-0.05, 0) is 37.8 Å². The Kier molecular flexibility index (Phi) is 3.41. The monoisotopic (exact) mass is 339 g/mol. The Labute approximate surface area is 145 Å². The number of aromatic nitrogens is 2. The van der Waals surface area contributed by atoms with Gasteiger partial charge in [0.15, 0.2) is 0 Å². The Morgan fingerprint density at radius 1 is 1.16 bits per heavy atom. The number of fused-ring (bicyclic) bond motifs is 4. The Balaban J connectivity index is 1.56. The zero-order chi connectivity index (χ0) is 17.0. The van der Waals surface area contributed by atoms with Gasteiger partial charge in [-0.2, -0.15) is 0 Å². The van der Waals surface area contributed by atoms with E-state index in [0.717, 1.165) is 37.0 Å². The van der Waals surface area contributed by atoms with Gasteiger partial charge in [0, 0.05) is 25.6 Å². The molecule has 6 heteroatoms. The minimum atomic E-state index is -0.298. The van der Waals surface area contributed by atoms with Gasteiger partial charge in [0.05, 0.1) is 16.9 Å². The maximum absolute atomic E-state index is 13.0. The zero-order valence-corrected chi connectivity index (χ0v) is 14.1. The molecule has 3 atom stereocenters. The van der Waals surface area contributed by atoms with Crippen LogP contribution in [-0.2, 0) is 22.5 Å². The number of carbonyl (C=O) groups is 1. The highest BCUT2D eigenvalue weighted by molar-refractivity contribution is 5.82. The topological polar surface area (TPSA) is 64.4 Å². The Morgan fingerprint density at radius 3 is 2.84 bits per heavy atom. The van der Waals surface area contributed by atoms with Crippen LogP contribution in [0.15, 0.2) is 29.1 Å². The SMILES string of the molecule is O=C([C@H]1CCCO1)N1[C@H]2CC[C@H]1Cn1c(nc3ccccc3c1=O)C2. The molecular formula is C19H21N3O3. The van der Waals surface area contributed by atoms with Crippen LogP contribution in [0.2, 0.25) is 0 Å². The fourth-order valence-corrected chi connectivity index (χ4v) is 4.62. The van der Waals surface area contributed by atoms with Crippen LogP contribution in [0.4, 0.5) is 0 Å². The molecule has 3 aliphatic rings. The summed E-state index contributed by atoms with van der Waals surface area (Å²) in [5, 5.41) is 0.654. The third kappa shape index (κ3) is 2.31. The molecular weight excluding hydrogens is 318 g/mol. The van der Waals surface area contributed by atoms with E-state index in [0.29, 0.717) is 25.0 Å². The van der Waals surface area contributed by atoms with Gasteiger partial charge in [-0.25, -0.2) is 4.98 Å². The lowest BCUT2D eigenvalue weighted by molar-refractivity contribution is -0.144. The van der Waals surface area contributed by atoms with Gasteiger partial charge < -0.3 is 9.64 Å². The molecule has 4 heterocycles. The van der Waals surface area contributed by atoms with Crippen molar-refractivity contribution >= 4 is 16.8 Å². The number of carbonyl (C=O) groups excluding carboxylic acids is 1. The molecule has 0 unspecified atom stereocenters. The van der Waals surface area contributed by atoms with E-state index >= 15 is 0 Å². The summed E-state index contributed by atoms with van der Waals surface area (Å²) in [5.41, 5.74) is 0.756. The average Bonchev–Trinajstić information content (AvgIpc) is 3.24. The summed E-state index contributed by atoms with van der Waals surface area (Å²) in [4.78, 5) is 32.7. The van der Waals surface area contributed by atoms with Crippen LogP contribution in [0.25, 0.3) is 10.9 Å². The number of hydrogen-bond donors (Lipinski definition) is 0. The average molecular weight is 339 g/mol. The molecule has 1 aromatic heterocycles. The molecule has 6 nitrogen and oxygen atoms in total. The van der Waals surface area contributed by atoms with Crippen LogP contribution in [-0.4, -0.2) is 45.2 Å². The first-order chi connectivity index (χ1) is 12.2. The number of para-hydroxylation sites is 1. The Morgan fingerprint density at radius 2 is 2.00 bits per heavy atom. The minimum Gasteiger partial charge on any atom is -0.368 e. The highest BCUT2D eigenvalue weighted by Gasteiger charge is 2.43. The fraction of sp³-hybridized carbons (Fsp3) is 0.526. The molecule has 0 N–H and O–H groups in total. The predicted molar refractivity (Wildman–Crippen MR) is 92.3 cm³/mol. The van der Waals surface area contributed by atoms with Crippen molar-refractivity contribution in [2.24, 2.45) is 0 Å². The summed E-state index contributed by atoms with van der Waals surface area (Å²) in [5.74, 6) is 0.913. The van der Waals surface area contributed by atoms with E-state index in [9.17, 15) is 9.59 Å². The zero-order valence-electron chi connectivity index (χ0n) is 14.1. The molecule has 25 heavy (non-hydrogen) atoms. The lowest BCUT2D eigenvalue weighted by Crippen LogP contribution is -2.47. The summed E-state index contributed by atoms with van der Waals surface area (Å²) in [7, 11) is 0. The number of ether oxygens (including phenoxy) is 1. The highest BCUT2D eigenvalue weighted by atomic mass is 16.5. The second-order valence-corrected chi connectivity index (χ2v) is 7.30. The molecule has 2 fully saturated rings. The van der Waals surface area contributed by atoms with Crippen molar-refractivity contribution < 1.29 is 9.53 Å². The van der Waals surface area contributed by atoms with Crippen LogP contribution in [0, 0.1) is 0 Å². The maximum atomic E-state index is 13.0. The van der Waals surface area contributed by atoms with Crippen molar-refractivity contribution in [3.8, 4) is 0 Å². The van der Waals surface area contributed by atoms with Crippen molar-refractivity contribution in [3.63, 3.8) is 0 Å². The van der Waals surface area contributed by atoms with Crippen molar-refractivity contribution in [2.45, 2.75) is 56.8 Å². The lowest BCUT2D eigenvalue weighted by Gasteiger charge is -2.30. The molecule has 0 spiro atoms. The number of rotatable bonds is 1. The van der Waals surface area contributed by atoms with E-state index in [4.69, 9.17) is 9.72 Å². The van der Waals surface area contributed by atoms with E-state index in [1.54, 1.807) is 4.57 Å². The van der Waals surface area contributed by atoms with Gasteiger partial charge in [-0.3, -0.25) is 14.2 Å². The Bertz CT molecular complexity index is 900. The van der Waals surface area contributed by atoms with E-state index in [-0.39, 0.29) is 29.7 Å². The van der Waals surface area contributed by atoms with Crippen LogP contribution < -0.4 is 5.56 Å². The summed E-state index contributed by atoms with van der Waals surface area (Å²) in [6, 6.07) is 7.69. The molecule has 130 valence electrons. The number of hydrogen-bond acceptors (Lipinski definition) is 4. The van der Waals surface area contributed by atoms with Crippen LogP contribution in [0.1, 0.15) is 31.5 Å². The summed E-state index contributed by atoms with van der Waals surface area (Å²) in [6.07, 6.45) is 4.03. The first-order valence-electron chi connectivity index (χ1n) is 9.14. The quantitative estimate of drug-likeness (QED) is 0.790. The molecule has 2 saturated heterocycles. The van der Waals surface area contributed by atoms with Crippen molar-refractivity contribution in [2.75, 3.05) is 6.61 Å². The van der Waals surface area contributed by atoms with E-state index in [1.807, 2.05) is 29.2 Å². The van der Waals surface area contributed by atoms with Gasteiger partial charge >= 0.3 is 0 Å². The first-order valence-corrected chi connectivity index (χ1v) is 9.14. The third-order valence-electron chi connectivity index (χ3n) is 5.83. The van der Waals surface area contributed by atoms with Crippen molar-refractivity contribution in [1.82, 2.24) is 14.5 Å². The van der Waals surface area contributed by atoms with E-state index in [2.05, 4.69) is 0 Å². The predicted octanol–water partition coefficient (Wildman–Crippen LogP) is 1.49. The van der Waals surface area contributed by atoms with Gasteiger partial charge in [0.1, 0.15) is 11.9 Å². The standard InChI is InChI=1S/C19H21N3O3/c23-18-14-4-1-2-5-15(14)20-17-10-12-7-8-13(11-21(17)18)22(12)19(24)16-6-3-9-25-16/h1-2,4-5,12-13,16H,3,6-11H2/t12-,13-,16+/m0/s1. The molecule has 0 saturated carbocycles. The Hall–Kier alpha value is -2.21.